The van der Waals surface area contributed by atoms with Crippen molar-refractivity contribution < 1.29 is 9.15 Å². The van der Waals surface area contributed by atoms with E-state index in [0.29, 0.717) is 6.04 Å². The molecular formula is C16H21NO2. The quantitative estimate of drug-likeness (QED) is 0.850. The lowest BCUT2D eigenvalue weighted by Gasteiger charge is -2.17. The lowest BCUT2D eigenvalue weighted by molar-refractivity contribution is 0.414. The van der Waals surface area contributed by atoms with Crippen molar-refractivity contribution in [1.82, 2.24) is 0 Å². The van der Waals surface area contributed by atoms with E-state index in [9.17, 15) is 0 Å². The van der Waals surface area contributed by atoms with Gasteiger partial charge in [0.25, 0.3) is 0 Å². The Morgan fingerprint density at radius 2 is 2.16 bits per heavy atom. The third-order valence-corrected chi connectivity index (χ3v) is 3.24. The van der Waals surface area contributed by atoms with Crippen LogP contribution in [0.3, 0.4) is 0 Å². The number of benzene rings is 1. The summed E-state index contributed by atoms with van der Waals surface area (Å²) in [5, 5.41) is 3.53. The summed E-state index contributed by atoms with van der Waals surface area (Å²) in [6.07, 6.45) is 3.72. The predicted molar refractivity (Wildman–Crippen MR) is 77.8 cm³/mol. The van der Waals surface area contributed by atoms with Crippen LogP contribution in [0.5, 0.6) is 5.75 Å². The molecule has 19 heavy (non-hydrogen) atoms. The van der Waals surface area contributed by atoms with Gasteiger partial charge in [-0.1, -0.05) is 0 Å². The van der Waals surface area contributed by atoms with E-state index in [1.54, 1.807) is 13.4 Å². The normalized spacial score (nSPS) is 12.2. The zero-order valence-electron chi connectivity index (χ0n) is 11.8. The van der Waals surface area contributed by atoms with E-state index < -0.39 is 0 Å². The molecule has 1 aromatic heterocycles. The van der Waals surface area contributed by atoms with E-state index in [-0.39, 0.29) is 0 Å². The van der Waals surface area contributed by atoms with Crippen LogP contribution in [0, 0.1) is 6.92 Å². The van der Waals surface area contributed by atoms with Crippen LogP contribution >= 0.6 is 0 Å². The molecule has 1 N–H and O–H groups in total. The molecule has 0 spiro atoms. The van der Waals surface area contributed by atoms with Crippen LogP contribution in [0.25, 0.3) is 0 Å². The first-order valence-corrected chi connectivity index (χ1v) is 6.62. The monoisotopic (exact) mass is 259 g/mol. The van der Waals surface area contributed by atoms with Gasteiger partial charge in [-0.25, -0.2) is 0 Å². The van der Waals surface area contributed by atoms with Crippen molar-refractivity contribution >= 4 is 5.69 Å². The third kappa shape index (κ3) is 3.78. The van der Waals surface area contributed by atoms with Crippen LogP contribution in [0.4, 0.5) is 5.69 Å². The SMILES string of the molecule is COc1ccc(NC(C)CCc2ccco2)c(C)c1. The van der Waals surface area contributed by atoms with E-state index in [4.69, 9.17) is 9.15 Å². The molecule has 1 unspecified atom stereocenters. The molecule has 1 atom stereocenters. The van der Waals surface area contributed by atoms with E-state index in [0.717, 1.165) is 30.0 Å². The second-order valence-electron chi connectivity index (χ2n) is 4.84. The highest BCUT2D eigenvalue weighted by molar-refractivity contribution is 5.54. The third-order valence-electron chi connectivity index (χ3n) is 3.24. The molecular weight excluding hydrogens is 238 g/mol. The van der Waals surface area contributed by atoms with Gasteiger partial charge in [-0.05, 0) is 56.2 Å². The number of hydrogen-bond acceptors (Lipinski definition) is 3. The molecule has 2 rings (SSSR count). The number of aryl methyl sites for hydroxylation is 2. The summed E-state index contributed by atoms with van der Waals surface area (Å²) in [5.41, 5.74) is 2.36. The maximum absolute atomic E-state index is 5.34. The lowest BCUT2D eigenvalue weighted by Crippen LogP contribution is -2.16. The molecule has 0 amide bonds. The average molecular weight is 259 g/mol. The summed E-state index contributed by atoms with van der Waals surface area (Å²) in [6, 6.07) is 10.4. The van der Waals surface area contributed by atoms with Gasteiger partial charge in [-0.2, -0.15) is 0 Å². The summed E-state index contributed by atoms with van der Waals surface area (Å²) in [7, 11) is 1.69. The van der Waals surface area contributed by atoms with Crippen LogP contribution < -0.4 is 10.1 Å². The average Bonchev–Trinajstić information content (AvgIpc) is 2.92. The molecule has 3 nitrogen and oxygen atoms in total. The number of anilines is 1. The Morgan fingerprint density at radius 1 is 1.32 bits per heavy atom. The van der Waals surface area contributed by atoms with E-state index in [2.05, 4.69) is 25.2 Å². The fraction of sp³-hybridized carbons (Fsp3) is 0.375. The van der Waals surface area contributed by atoms with Gasteiger partial charge < -0.3 is 14.5 Å². The Balaban J connectivity index is 1.89. The van der Waals surface area contributed by atoms with Gasteiger partial charge in [0, 0.05) is 18.2 Å². The second-order valence-corrected chi connectivity index (χ2v) is 4.84. The Morgan fingerprint density at radius 3 is 2.79 bits per heavy atom. The number of methoxy groups -OCH3 is 1. The maximum Gasteiger partial charge on any atom is 0.119 e. The summed E-state index contributed by atoms with van der Waals surface area (Å²) >= 11 is 0. The number of nitrogens with one attached hydrogen (secondary N) is 1. The molecule has 0 fully saturated rings. The first-order chi connectivity index (χ1) is 9.19. The van der Waals surface area contributed by atoms with Crippen molar-refractivity contribution in [3.8, 4) is 5.75 Å². The van der Waals surface area contributed by atoms with Gasteiger partial charge in [0.15, 0.2) is 0 Å². The highest BCUT2D eigenvalue weighted by Gasteiger charge is 2.06. The molecule has 0 bridgehead atoms. The van der Waals surface area contributed by atoms with Crippen molar-refractivity contribution in [2.24, 2.45) is 0 Å². The van der Waals surface area contributed by atoms with E-state index in [1.165, 1.54) is 5.56 Å². The topological polar surface area (TPSA) is 34.4 Å². The van der Waals surface area contributed by atoms with E-state index >= 15 is 0 Å². The minimum absolute atomic E-state index is 0.400. The molecule has 0 aliphatic carbocycles. The van der Waals surface area contributed by atoms with E-state index in [1.807, 2.05) is 24.3 Å². The Kier molecular flexibility index (Phi) is 4.50. The molecule has 3 heteroatoms. The van der Waals surface area contributed by atoms with Gasteiger partial charge in [0.05, 0.1) is 13.4 Å². The van der Waals surface area contributed by atoms with Crippen molar-refractivity contribution in [3.63, 3.8) is 0 Å². The van der Waals surface area contributed by atoms with Gasteiger partial charge in [-0.3, -0.25) is 0 Å². The largest absolute Gasteiger partial charge is 0.497 e. The lowest BCUT2D eigenvalue weighted by atomic mass is 10.1. The first-order valence-electron chi connectivity index (χ1n) is 6.62. The standard InChI is InChI=1S/C16H21NO2/c1-12-11-15(18-3)8-9-16(12)17-13(2)6-7-14-5-4-10-19-14/h4-5,8-11,13,17H,6-7H2,1-3H3. The van der Waals surface area contributed by atoms with Crippen LogP contribution in [0.2, 0.25) is 0 Å². The van der Waals surface area contributed by atoms with Crippen molar-refractivity contribution in [3.05, 3.63) is 47.9 Å². The Bertz CT molecular complexity index is 505. The smallest absolute Gasteiger partial charge is 0.119 e. The zero-order valence-corrected chi connectivity index (χ0v) is 11.8. The minimum atomic E-state index is 0.400. The van der Waals surface area contributed by atoms with Crippen LogP contribution in [-0.4, -0.2) is 13.2 Å². The molecule has 0 aliphatic rings. The van der Waals surface area contributed by atoms with Crippen molar-refractivity contribution in [2.45, 2.75) is 32.7 Å². The first kappa shape index (κ1) is 13.5. The number of hydrogen-bond donors (Lipinski definition) is 1. The molecule has 0 saturated heterocycles. The predicted octanol–water partition coefficient (Wildman–Crippen LogP) is 4.03. The summed E-state index contributed by atoms with van der Waals surface area (Å²) in [4.78, 5) is 0. The van der Waals surface area contributed by atoms with Gasteiger partial charge in [0.1, 0.15) is 11.5 Å². The molecule has 0 saturated carbocycles. The number of rotatable bonds is 6. The molecule has 102 valence electrons. The summed E-state index contributed by atoms with van der Waals surface area (Å²) in [5.74, 6) is 1.94. The molecule has 2 aromatic rings. The minimum Gasteiger partial charge on any atom is -0.497 e. The molecule has 0 radical (unpaired) electrons. The van der Waals surface area contributed by atoms with Gasteiger partial charge >= 0.3 is 0 Å². The van der Waals surface area contributed by atoms with Crippen LogP contribution in [-0.2, 0) is 6.42 Å². The zero-order chi connectivity index (χ0) is 13.7. The fourth-order valence-corrected chi connectivity index (χ4v) is 2.08. The maximum atomic E-state index is 5.34. The van der Waals surface area contributed by atoms with Crippen LogP contribution in [0.15, 0.2) is 41.0 Å². The van der Waals surface area contributed by atoms with Crippen LogP contribution in [0.1, 0.15) is 24.7 Å². The molecule has 1 aromatic carbocycles. The Labute approximate surface area is 114 Å². The van der Waals surface area contributed by atoms with Gasteiger partial charge in [-0.15, -0.1) is 0 Å². The molecule has 0 aliphatic heterocycles. The summed E-state index contributed by atoms with van der Waals surface area (Å²) < 4.78 is 10.6. The highest BCUT2D eigenvalue weighted by Crippen LogP contribution is 2.22. The fourth-order valence-electron chi connectivity index (χ4n) is 2.08. The Hall–Kier alpha value is -1.90. The summed E-state index contributed by atoms with van der Waals surface area (Å²) in [6.45, 7) is 4.27. The second kappa shape index (κ2) is 6.32. The van der Waals surface area contributed by atoms with Crippen molar-refractivity contribution in [1.29, 1.82) is 0 Å². The van der Waals surface area contributed by atoms with Gasteiger partial charge in [0.2, 0.25) is 0 Å². The highest BCUT2D eigenvalue weighted by atomic mass is 16.5. The number of ether oxygens (including phenoxy) is 1. The molecule has 1 heterocycles. The van der Waals surface area contributed by atoms with Crippen molar-refractivity contribution in [2.75, 3.05) is 12.4 Å². The number of furan rings is 1.